The Morgan fingerprint density at radius 2 is 1.87 bits per heavy atom. The lowest BCUT2D eigenvalue weighted by Gasteiger charge is -2.34. The summed E-state index contributed by atoms with van der Waals surface area (Å²) in [5.41, 5.74) is 1.46. The third-order valence-corrected chi connectivity index (χ3v) is 9.26. The number of benzene rings is 1. The Bertz CT molecular complexity index is 1390. The lowest BCUT2D eigenvalue weighted by Crippen LogP contribution is -2.51. The van der Waals surface area contributed by atoms with E-state index in [9.17, 15) is 0 Å². The maximum absolute atomic E-state index is 16.2. The summed E-state index contributed by atoms with van der Waals surface area (Å²) in [4.78, 5) is 18.8. The molecule has 4 fully saturated rings. The fourth-order valence-electron chi connectivity index (χ4n) is 7.00. The normalized spacial score (nSPS) is 24.2. The Morgan fingerprint density at radius 3 is 2.61 bits per heavy atom. The Morgan fingerprint density at radius 1 is 1.13 bits per heavy atom. The van der Waals surface area contributed by atoms with E-state index < -0.39 is 5.82 Å². The van der Waals surface area contributed by atoms with Gasteiger partial charge in [0.05, 0.1) is 10.9 Å². The first-order valence-electron chi connectivity index (χ1n) is 13.7. The topological polar surface area (TPSA) is 66.4 Å². The number of pyridine rings is 1. The lowest BCUT2D eigenvalue weighted by atomic mass is 9.95. The molecule has 4 aliphatic heterocycles. The molecule has 0 aliphatic carbocycles. The minimum absolute atomic E-state index is 0.0485. The highest BCUT2D eigenvalue weighted by atomic mass is 35.5. The maximum atomic E-state index is 16.2. The van der Waals surface area contributed by atoms with E-state index in [0.717, 1.165) is 51.9 Å². The fraction of sp³-hybridized carbons (Fsp3) is 0.483. The Hall–Kier alpha value is -2.81. The van der Waals surface area contributed by atoms with Crippen molar-refractivity contribution in [2.75, 3.05) is 37.7 Å². The van der Waals surface area contributed by atoms with Gasteiger partial charge >= 0.3 is 6.01 Å². The molecule has 0 saturated carbocycles. The molecule has 1 N–H and O–H groups in total. The molecule has 38 heavy (non-hydrogen) atoms. The molecule has 2 bridgehead atoms. The summed E-state index contributed by atoms with van der Waals surface area (Å²) in [7, 11) is 0. The van der Waals surface area contributed by atoms with Crippen molar-refractivity contribution in [2.45, 2.75) is 56.1 Å². The van der Waals surface area contributed by atoms with Crippen molar-refractivity contribution >= 4 is 33.9 Å². The molecule has 1 aromatic carbocycles. The van der Waals surface area contributed by atoms with Crippen LogP contribution < -0.4 is 15.0 Å². The first kappa shape index (κ1) is 24.2. The highest BCUT2D eigenvalue weighted by Crippen LogP contribution is 2.40. The van der Waals surface area contributed by atoms with Crippen LogP contribution in [0.5, 0.6) is 6.01 Å². The van der Waals surface area contributed by atoms with E-state index in [4.69, 9.17) is 21.3 Å². The minimum Gasteiger partial charge on any atom is -0.461 e. The van der Waals surface area contributed by atoms with Gasteiger partial charge in [-0.1, -0.05) is 36.4 Å². The molecule has 3 aromatic rings. The molecule has 7 rings (SSSR count). The second kappa shape index (κ2) is 9.43. The number of piperazine rings is 1. The van der Waals surface area contributed by atoms with Gasteiger partial charge in [0.15, 0.2) is 5.82 Å². The fourth-order valence-corrected chi connectivity index (χ4v) is 7.25. The van der Waals surface area contributed by atoms with Crippen molar-refractivity contribution in [2.24, 2.45) is 0 Å². The van der Waals surface area contributed by atoms with Gasteiger partial charge in [0.2, 0.25) is 0 Å². The van der Waals surface area contributed by atoms with Gasteiger partial charge in [-0.05, 0) is 57.7 Å². The summed E-state index contributed by atoms with van der Waals surface area (Å²) < 4.78 is 22.6. The van der Waals surface area contributed by atoms with Crippen LogP contribution in [0.1, 0.15) is 49.8 Å². The van der Waals surface area contributed by atoms with Crippen LogP contribution in [-0.2, 0) is 0 Å². The van der Waals surface area contributed by atoms with E-state index in [1.165, 1.54) is 12.8 Å². The Balaban J connectivity index is 1.30. The van der Waals surface area contributed by atoms with E-state index in [1.807, 2.05) is 18.2 Å². The van der Waals surface area contributed by atoms with E-state index in [0.29, 0.717) is 46.1 Å². The highest BCUT2D eigenvalue weighted by Gasteiger charge is 2.45. The third-order valence-electron chi connectivity index (χ3n) is 8.93. The molecule has 2 unspecified atom stereocenters. The number of fused-ring (bicyclic) bond motifs is 4. The van der Waals surface area contributed by atoms with Crippen molar-refractivity contribution in [3.8, 4) is 6.01 Å². The van der Waals surface area contributed by atoms with Crippen molar-refractivity contribution in [1.82, 2.24) is 25.2 Å². The summed E-state index contributed by atoms with van der Waals surface area (Å²) in [5.74, 6) is 0.164. The lowest BCUT2D eigenvalue weighted by molar-refractivity contribution is 0.108. The number of nitrogens with one attached hydrogen (secondary N) is 1. The van der Waals surface area contributed by atoms with Crippen molar-refractivity contribution < 1.29 is 9.13 Å². The largest absolute Gasteiger partial charge is 0.461 e. The van der Waals surface area contributed by atoms with Crippen LogP contribution >= 0.6 is 11.6 Å². The van der Waals surface area contributed by atoms with Crippen LogP contribution in [0.3, 0.4) is 0 Å². The van der Waals surface area contributed by atoms with Gasteiger partial charge in [0, 0.05) is 47.5 Å². The van der Waals surface area contributed by atoms with Crippen LogP contribution in [0.25, 0.3) is 16.5 Å². The second-order valence-electron chi connectivity index (χ2n) is 11.2. The Kier molecular flexibility index (Phi) is 6.02. The van der Waals surface area contributed by atoms with Crippen molar-refractivity contribution in [3.63, 3.8) is 0 Å². The van der Waals surface area contributed by atoms with Gasteiger partial charge in [-0.15, -0.1) is 0 Å². The first-order valence-corrected chi connectivity index (χ1v) is 14.1. The van der Waals surface area contributed by atoms with Gasteiger partial charge in [-0.3, -0.25) is 9.88 Å². The maximum Gasteiger partial charge on any atom is 0.319 e. The summed E-state index contributed by atoms with van der Waals surface area (Å²) in [6, 6.07) is 8.31. The monoisotopic (exact) mass is 534 g/mol. The van der Waals surface area contributed by atoms with E-state index >= 15 is 4.39 Å². The predicted octanol–water partition coefficient (Wildman–Crippen LogP) is 4.83. The summed E-state index contributed by atoms with van der Waals surface area (Å²) in [6.07, 6.45) is 8.56. The molecular weight excluding hydrogens is 503 g/mol. The zero-order valence-electron chi connectivity index (χ0n) is 21.4. The van der Waals surface area contributed by atoms with Crippen LogP contribution in [0.2, 0.25) is 5.02 Å². The smallest absolute Gasteiger partial charge is 0.319 e. The molecule has 9 heteroatoms. The molecular formula is C29H32ClFN6O. The summed E-state index contributed by atoms with van der Waals surface area (Å²) >= 11 is 6.40. The van der Waals surface area contributed by atoms with Crippen LogP contribution in [0, 0.1) is 5.82 Å². The number of hydrogen-bond acceptors (Lipinski definition) is 7. The van der Waals surface area contributed by atoms with E-state index in [-0.39, 0.29) is 22.8 Å². The number of aromatic nitrogens is 3. The molecule has 6 heterocycles. The standard InChI is InChI=1S/C29H32ClFN6O/c1-18(21-6-2-3-7-23(21)30)25-24(31)26-22(14-32-25)27(36-15-19-8-9-20(16-36)33-19)35-28(34-26)38-17-29-10-4-12-37(29)13-5-11-29/h2-3,6-7,14,19-20,33H,1,4-5,8-13,15-17H2. The van der Waals surface area contributed by atoms with Gasteiger partial charge in [0.1, 0.15) is 23.6 Å². The SMILES string of the molecule is C=C(c1ccccc1Cl)c1ncc2c(N3CC4CCC(C3)N4)nc(OCC34CCCN3CCC4)nc2c1F. The number of rotatable bonds is 6. The summed E-state index contributed by atoms with van der Waals surface area (Å²) in [6.45, 7) is 8.51. The predicted molar refractivity (Wildman–Crippen MR) is 147 cm³/mol. The summed E-state index contributed by atoms with van der Waals surface area (Å²) in [5, 5.41) is 4.75. The molecule has 0 spiro atoms. The number of halogens is 2. The van der Waals surface area contributed by atoms with Crippen molar-refractivity contribution in [1.29, 1.82) is 0 Å². The van der Waals surface area contributed by atoms with Crippen LogP contribution in [0.4, 0.5) is 10.2 Å². The number of anilines is 1. The average Bonchev–Trinajstić information content (AvgIpc) is 3.61. The number of ether oxygens (including phenoxy) is 1. The average molecular weight is 535 g/mol. The first-order chi connectivity index (χ1) is 18.5. The molecule has 2 atom stereocenters. The highest BCUT2D eigenvalue weighted by molar-refractivity contribution is 6.32. The van der Waals surface area contributed by atoms with E-state index in [1.54, 1.807) is 12.3 Å². The molecule has 4 aliphatic rings. The molecule has 0 radical (unpaired) electrons. The molecule has 2 aromatic heterocycles. The second-order valence-corrected chi connectivity index (χ2v) is 11.6. The van der Waals surface area contributed by atoms with Crippen LogP contribution in [0.15, 0.2) is 37.0 Å². The zero-order chi connectivity index (χ0) is 25.9. The minimum atomic E-state index is -0.527. The molecule has 198 valence electrons. The zero-order valence-corrected chi connectivity index (χ0v) is 22.2. The van der Waals surface area contributed by atoms with Crippen molar-refractivity contribution in [3.05, 3.63) is 59.1 Å². The molecule has 0 amide bonds. The van der Waals surface area contributed by atoms with E-state index in [2.05, 4.69) is 31.7 Å². The third kappa shape index (κ3) is 4.05. The molecule has 7 nitrogen and oxygen atoms in total. The van der Waals surface area contributed by atoms with Gasteiger partial charge in [-0.25, -0.2) is 4.39 Å². The quantitative estimate of drug-likeness (QED) is 0.486. The number of hydrogen-bond donors (Lipinski definition) is 1. The van der Waals surface area contributed by atoms with Gasteiger partial charge in [0.25, 0.3) is 0 Å². The van der Waals surface area contributed by atoms with Crippen LogP contribution in [-0.4, -0.2) is 70.3 Å². The van der Waals surface area contributed by atoms with Gasteiger partial charge in [-0.2, -0.15) is 9.97 Å². The molecule has 4 saturated heterocycles. The Labute approximate surface area is 227 Å². The number of nitrogens with zero attached hydrogens (tertiary/aromatic N) is 5. The van der Waals surface area contributed by atoms with Gasteiger partial charge < -0.3 is 15.0 Å².